The number of piperazine rings is 1. The van der Waals surface area contributed by atoms with Crippen LogP contribution < -0.4 is 5.32 Å². The van der Waals surface area contributed by atoms with E-state index in [4.69, 9.17) is 0 Å². The van der Waals surface area contributed by atoms with Crippen molar-refractivity contribution < 1.29 is 0 Å². The van der Waals surface area contributed by atoms with Crippen LogP contribution in [0.25, 0.3) is 0 Å². The molecule has 0 amide bonds. The lowest BCUT2D eigenvalue weighted by Crippen LogP contribution is -2.60. The summed E-state index contributed by atoms with van der Waals surface area (Å²) >= 11 is 0. The maximum Gasteiger partial charge on any atom is 0.0312 e. The normalized spacial score (nSPS) is 24.8. The van der Waals surface area contributed by atoms with Crippen molar-refractivity contribution in [1.29, 1.82) is 0 Å². The molecule has 1 fully saturated rings. The molecule has 0 aromatic carbocycles. The summed E-state index contributed by atoms with van der Waals surface area (Å²) in [6.07, 6.45) is 6.36. The van der Waals surface area contributed by atoms with Crippen LogP contribution in [0.2, 0.25) is 0 Å². The number of nitrogens with zero attached hydrogens (tertiary/aromatic N) is 2. The Kier molecular flexibility index (Phi) is 5.17. The third-order valence-corrected chi connectivity index (χ3v) is 4.24. The largest absolute Gasteiger partial charge is 0.311 e. The smallest absolute Gasteiger partial charge is 0.0312 e. The van der Waals surface area contributed by atoms with Gasteiger partial charge in [-0.3, -0.25) is 9.88 Å². The van der Waals surface area contributed by atoms with Crippen molar-refractivity contribution in [2.45, 2.75) is 59.2 Å². The van der Waals surface area contributed by atoms with Crippen LogP contribution in [0, 0.1) is 5.41 Å². The summed E-state index contributed by atoms with van der Waals surface area (Å²) in [6, 6.07) is 5.43. The first-order valence-electron chi connectivity index (χ1n) is 7.87. The van der Waals surface area contributed by atoms with Gasteiger partial charge in [0, 0.05) is 44.1 Å². The highest BCUT2D eigenvalue weighted by molar-refractivity contribution is 5.09. The second-order valence-corrected chi connectivity index (χ2v) is 7.07. The molecule has 1 aliphatic heterocycles. The Balaban J connectivity index is 2.09. The van der Waals surface area contributed by atoms with E-state index >= 15 is 0 Å². The molecular weight excluding hydrogens is 246 g/mol. The second kappa shape index (κ2) is 6.68. The summed E-state index contributed by atoms with van der Waals surface area (Å²) in [4.78, 5) is 6.90. The zero-order chi connectivity index (χ0) is 14.6. The summed E-state index contributed by atoms with van der Waals surface area (Å²) in [5.74, 6) is 0. The average Bonchev–Trinajstić information content (AvgIpc) is 2.39. The highest BCUT2D eigenvalue weighted by Gasteiger charge is 2.35. The lowest BCUT2D eigenvalue weighted by molar-refractivity contribution is 0.0474. The van der Waals surface area contributed by atoms with Gasteiger partial charge in [-0.15, -0.1) is 0 Å². The lowest BCUT2D eigenvalue weighted by atomic mass is 9.83. The minimum atomic E-state index is 0.298. The van der Waals surface area contributed by atoms with Gasteiger partial charge in [-0.05, 0) is 23.5 Å². The molecule has 0 radical (unpaired) electrons. The van der Waals surface area contributed by atoms with Gasteiger partial charge in [0.05, 0.1) is 0 Å². The van der Waals surface area contributed by atoms with E-state index in [1.165, 1.54) is 18.4 Å². The van der Waals surface area contributed by atoms with Gasteiger partial charge in [-0.25, -0.2) is 0 Å². The van der Waals surface area contributed by atoms with E-state index in [2.05, 4.69) is 49.0 Å². The molecule has 1 saturated heterocycles. The SMILES string of the molecule is CCCC1CN(Cc2cccnc2)C(C(C)(C)C)CN1. The third kappa shape index (κ3) is 4.03. The molecule has 3 heteroatoms. The molecule has 0 aliphatic carbocycles. The number of nitrogens with one attached hydrogen (secondary N) is 1. The monoisotopic (exact) mass is 275 g/mol. The van der Waals surface area contributed by atoms with Crippen molar-refractivity contribution in [1.82, 2.24) is 15.2 Å². The molecule has 1 aliphatic rings. The van der Waals surface area contributed by atoms with E-state index < -0.39 is 0 Å². The Labute approximate surface area is 123 Å². The van der Waals surface area contributed by atoms with Crippen molar-refractivity contribution in [3.63, 3.8) is 0 Å². The fraction of sp³-hybridized carbons (Fsp3) is 0.706. The highest BCUT2D eigenvalue weighted by atomic mass is 15.2. The van der Waals surface area contributed by atoms with Gasteiger partial charge in [-0.2, -0.15) is 0 Å². The maximum atomic E-state index is 4.25. The summed E-state index contributed by atoms with van der Waals surface area (Å²) in [6.45, 7) is 12.5. The second-order valence-electron chi connectivity index (χ2n) is 7.07. The van der Waals surface area contributed by atoms with Crippen molar-refractivity contribution in [2.24, 2.45) is 5.41 Å². The number of pyridine rings is 1. The molecule has 0 bridgehead atoms. The van der Waals surface area contributed by atoms with Crippen LogP contribution in [0.3, 0.4) is 0 Å². The van der Waals surface area contributed by atoms with Crippen LogP contribution >= 0.6 is 0 Å². The molecule has 3 nitrogen and oxygen atoms in total. The molecular formula is C17H29N3. The van der Waals surface area contributed by atoms with Gasteiger partial charge >= 0.3 is 0 Å². The summed E-state index contributed by atoms with van der Waals surface area (Å²) in [5.41, 5.74) is 1.62. The molecule has 20 heavy (non-hydrogen) atoms. The van der Waals surface area contributed by atoms with E-state index in [0.29, 0.717) is 17.5 Å². The number of hydrogen-bond donors (Lipinski definition) is 1. The lowest BCUT2D eigenvalue weighted by Gasteiger charge is -2.46. The molecule has 2 atom stereocenters. The van der Waals surface area contributed by atoms with Crippen LogP contribution in [0.15, 0.2) is 24.5 Å². The van der Waals surface area contributed by atoms with Gasteiger partial charge in [-0.1, -0.05) is 40.2 Å². The van der Waals surface area contributed by atoms with Crippen LogP contribution in [-0.2, 0) is 6.54 Å². The fourth-order valence-electron chi connectivity index (χ4n) is 3.18. The summed E-state index contributed by atoms with van der Waals surface area (Å²) in [7, 11) is 0. The van der Waals surface area contributed by atoms with Gasteiger partial charge in [0.1, 0.15) is 0 Å². The first kappa shape index (κ1) is 15.5. The number of aromatic nitrogens is 1. The highest BCUT2D eigenvalue weighted by Crippen LogP contribution is 2.28. The summed E-state index contributed by atoms with van der Waals surface area (Å²) in [5, 5.41) is 3.74. The van der Waals surface area contributed by atoms with E-state index in [0.717, 1.165) is 19.6 Å². The minimum absolute atomic E-state index is 0.298. The van der Waals surface area contributed by atoms with E-state index in [1.54, 1.807) is 0 Å². The maximum absolute atomic E-state index is 4.25. The van der Waals surface area contributed by atoms with Gasteiger partial charge in [0.2, 0.25) is 0 Å². The number of rotatable bonds is 4. The quantitative estimate of drug-likeness (QED) is 0.915. The van der Waals surface area contributed by atoms with Crippen LogP contribution in [0.1, 0.15) is 46.1 Å². The van der Waals surface area contributed by atoms with Crippen molar-refractivity contribution >= 4 is 0 Å². The predicted octanol–water partition coefficient (Wildman–Crippen LogP) is 3.07. The minimum Gasteiger partial charge on any atom is -0.311 e. The molecule has 112 valence electrons. The zero-order valence-corrected chi connectivity index (χ0v) is 13.4. The standard InChI is InChI=1S/C17H29N3/c1-5-7-15-13-20(12-14-8-6-9-18-10-14)16(11-19-15)17(2,3)4/h6,8-10,15-16,19H,5,7,11-13H2,1-4H3. The Morgan fingerprint density at radius 3 is 2.80 bits per heavy atom. The van der Waals surface area contributed by atoms with Gasteiger partial charge < -0.3 is 5.32 Å². The Bertz CT molecular complexity index is 396. The first-order chi connectivity index (χ1) is 9.50. The first-order valence-corrected chi connectivity index (χ1v) is 7.87. The number of hydrogen-bond acceptors (Lipinski definition) is 3. The van der Waals surface area contributed by atoms with E-state index in [1.807, 2.05) is 18.5 Å². The van der Waals surface area contributed by atoms with Crippen molar-refractivity contribution in [2.75, 3.05) is 13.1 Å². The molecule has 1 N–H and O–H groups in total. The topological polar surface area (TPSA) is 28.2 Å². The van der Waals surface area contributed by atoms with Crippen LogP contribution in [-0.4, -0.2) is 35.1 Å². The Hall–Kier alpha value is -0.930. The average molecular weight is 275 g/mol. The summed E-state index contributed by atoms with van der Waals surface area (Å²) < 4.78 is 0. The van der Waals surface area contributed by atoms with Gasteiger partial charge in [0.15, 0.2) is 0 Å². The molecule has 0 spiro atoms. The van der Waals surface area contributed by atoms with E-state index in [-0.39, 0.29) is 0 Å². The zero-order valence-electron chi connectivity index (χ0n) is 13.4. The third-order valence-electron chi connectivity index (χ3n) is 4.24. The molecule has 1 aromatic rings. The Morgan fingerprint density at radius 1 is 1.40 bits per heavy atom. The van der Waals surface area contributed by atoms with Crippen molar-refractivity contribution in [3.05, 3.63) is 30.1 Å². The van der Waals surface area contributed by atoms with Crippen LogP contribution in [0.5, 0.6) is 0 Å². The molecule has 2 unspecified atom stereocenters. The molecule has 2 heterocycles. The van der Waals surface area contributed by atoms with Crippen LogP contribution in [0.4, 0.5) is 0 Å². The van der Waals surface area contributed by atoms with E-state index in [9.17, 15) is 0 Å². The van der Waals surface area contributed by atoms with Crippen molar-refractivity contribution in [3.8, 4) is 0 Å². The molecule has 2 rings (SSSR count). The fourth-order valence-corrected chi connectivity index (χ4v) is 3.18. The Morgan fingerprint density at radius 2 is 2.20 bits per heavy atom. The van der Waals surface area contributed by atoms with Gasteiger partial charge in [0.25, 0.3) is 0 Å². The molecule has 0 saturated carbocycles. The predicted molar refractivity (Wildman–Crippen MR) is 84.6 cm³/mol. The molecule has 1 aromatic heterocycles.